The van der Waals surface area contributed by atoms with Crippen LogP contribution in [-0.4, -0.2) is 12.7 Å². The van der Waals surface area contributed by atoms with Gasteiger partial charge in [0.05, 0.1) is 6.61 Å². The maximum Gasteiger partial charge on any atom is 0.125 e. The van der Waals surface area contributed by atoms with E-state index in [1.807, 2.05) is 6.26 Å². The van der Waals surface area contributed by atoms with Gasteiger partial charge in [0.25, 0.3) is 0 Å². The second-order valence-corrected chi connectivity index (χ2v) is 1.62. The van der Waals surface area contributed by atoms with Crippen molar-refractivity contribution in [2.45, 2.75) is 13.0 Å². The van der Waals surface area contributed by atoms with Crippen LogP contribution < -0.4 is 0 Å². The van der Waals surface area contributed by atoms with E-state index in [2.05, 4.69) is 9.47 Å². The summed E-state index contributed by atoms with van der Waals surface area (Å²) in [4.78, 5) is 0. The third-order valence-electron chi connectivity index (χ3n) is 0.775. The van der Waals surface area contributed by atoms with Crippen LogP contribution in [-0.2, 0) is 42.2 Å². The van der Waals surface area contributed by atoms with Crippen molar-refractivity contribution in [1.82, 2.24) is 0 Å². The van der Waals surface area contributed by atoms with Gasteiger partial charge in [-0.15, -0.1) is 0 Å². The number of rotatable bonds is 0. The van der Waals surface area contributed by atoms with Crippen molar-refractivity contribution in [3.05, 3.63) is 12.3 Å². The summed E-state index contributed by atoms with van der Waals surface area (Å²) in [5.41, 5.74) is 0. The van der Waals surface area contributed by atoms with Crippen LogP contribution in [0.25, 0.3) is 0 Å². The molecule has 0 aliphatic carbocycles. The van der Waals surface area contributed by atoms with Crippen molar-refractivity contribution in [3.63, 3.8) is 0 Å². The van der Waals surface area contributed by atoms with Gasteiger partial charge >= 0.3 is 0 Å². The van der Waals surface area contributed by atoms with Crippen molar-refractivity contribution in [2.24, 2.45) is 0 Å². The summed E-state index contributed by atoms with van der Waals surface area (Å²) in [7, 11) is 0. The fraction of sp³-hybridized carbons (Fsp3) is 0.600. The molecule has 0 fully saturated rings. The number of halogens is 1. The Morgan fingerprint density at radius 2 is 2.44 bits per heavy atom. The molecule has 4 heteroatoms. The fourth-order valence-corrected chi connectivity index (χ4v) is 0.450. The minimum Gasteiger partial charge on any atom is -0.685 e. The molecule has 0 spiro atoms. The first-order chi connectivity index (χ1) is 3.79. The van der Waals surface area contributed by atoms with Gasteiger partial charge < -0.3 is 9.47 Å². The van der Waals surface area contributed by atoms with E-state index in [1.54, 1.807) is 6.92 Å². The van der Waals surface area contributed by atoms with Gasteiger partial charge in [0.1, 0.15) is 12.1 Å². The smallest absolute Gasteiger partial charge is 0.125 e. The topological polar surface area (TPSA) is 18.5 Å². The maximum atomic E-state index is 11.9. The number of hydrogen-bond acceptors (Lipinski definition) is 2. The molecule has 1 unspecified atom stereocenters. The normalized spacial score (nSPS) is 24.7. The van der Waals surface area contributed by atoms with E-state index in [9.17, 15) is 4.39 Å². The van der Waals surface area contributed by atoms with Crippen LogP contribution >= 0.6 is 0 Å². The summed E-state index contributed by atoms with van der Waals surface area (Å²) in [6.07, 6.45) is 1.76. The zero-order chi connectivity index (χ0) is 5.98. The summed E-state index contributed by atoms with van der Waals surface area (Å²) in [5.74, 6) is 0. The van der Waals surface area contributed by atoms with Crippen LogP contribution in [0.5, 0.6) is 0 Å². The molecule has 49 valence electrons. The van der Waals surface area contributed by atoms with Gasteiger partial charge in [-0.1, -0.05) is 0 Å². The molecule has 2 nitrogen and oxygen atoms in total. The second-order valence-electron chi connectivity index (χ2n) is 1.62. The SMILES string of the molecule is CC1CO[C-]=C(F)O1.[Y]. The van der Waals surface area contributed by atoms with Gasteiger partial charge in [-0.05, 0) is 6.92 Å². The Labute approximate surface area is 78.3 Å². The van der Waals surface area contributed by atoms with E-state index >= 15 is 0 Å². The van der Waals surface area contributed by atoms with Crippen molar-refractivity contribution >= 4 is 0 Å². The van der Waals surface area contributed by atoms with Crippen molar-refractivity contribution in [1.29, 1.82) is 0 Å². The summed E-state index contributed by atoms with van der Waals surface area (Å²) in [5, 5.41) is 0. The van der Waals surface area contributed by atoms with Crippen molar-refractivity contribution in [2.75, 3.05) is 6.61 Å². The molecular weight excluding hydrogens is 200 g/mol. The zero-order valence-corrected chi connectivity index (χ0v) is 7.89. The van der Waals surface area contributed by atoms with E-state index in [0.717, 1.165) is 0 Å². The largest absolute Gasteiger partial charge is 0.685 e. The molecule has 0 aromatic carbocycles. The molecule has 0 N–H and O–H groups in total. The first kappa shape index (κ1) is 9.37. The predicted octanol–water partition coefficient (Wildman–Crippen LogP) is 0.991. The molecule has 1 radical (unpaired) electrons. The molecular formula is C5H6FO2Y-. The third kappa shape index (κ3) is 3.16. The molecule has 1 aliphatic heterocycles. The quantitative estimate of drug-likeness (QED) is 0.550. The minimum atomic E-state index is -0.760. The van der Waals surface area contributed by atoms with Crippen molar-refractivity contribution < 1.29 is 46.6 Å². The van der Waals surface area contributed by atoms with Crippen LogP contribution in [0.15, 0.2) is 6.01 Å². The minimum absolute atomic E-state index is 0. The van der Waals surface area contributed by atoms with Gasteiger partial charge in [0, 0.05) is 32.7 Å². The summed E-state index contributed by atoms with van der Waals surface area (Å²) in [6, 6.07) is -0.760. The zero-order valence-electron chi connectivity index (χ0n) is 5.06. The molecule has 0 amide bonds. The molecule has 0 saturated heterocycles. The number of ether oxygens (including phenoxy) is 2. The molecule has 0 bridgehead atoms. The fourth-order valence-electron chi connectivity index (χ4n) is 0.450. The Bertz CT molecular complexity index is 116. The monoisotopic (exact) mass is 206 g/mol. The number of hydrogen-bond donors (Lipinski definition) is 0. The average Bonchev–Trinajstić information content (AvgIpc) is 1.64. The Hall–Kier alpha value is 0.374. The van der Waals surface area contributed by atoms with Crippen LogP contribution in [0.1, 0.15) is 6.92 Å². The van der Waals surface area contributed by atoms with E-state index in [1.165, 1.54) is 0 Å². The molecule has 0 aromatic heterocycles. The first-order valence-electron chi connectivity index (χ1n) is 2.36. The van der Waals surface area contributed by atoms with E-state index in [-0.39, 0.29) is 38.8 Å². The van der Waals surface area contributed by atoms with Gasteiger partial charge in [-0.2, -0.15) is 0 Å². The van der Waals surface area contributed by atoms with Crippen LogP contribution in [0.2, 0.25) is 0 Å². The third-order valence-corrected chi connectivity index (χ3v) is 0.775. The Balaban J connectivity index is 0.000000640. The van der Waals surface area contributed by atoms with Crippen LogP contribution in [0.4, 0.5) is 4.39 Å². The molecule has 1 aliphatic rings. The Morgan fingerprint density at radius 1 is 1.78 bits per heavy atom. The second kappa shape index (κ2) is 4.23. The molecule has 0 aromatic rings. The summed E-state index contributed by atoms with van der Waals surface area (Å²) >= 11 is 0. The van der Waals surface area contributed by atoms with E-state index in [0.29, 0.717) is 6.61 Å². The molecule has 1 atom stereocenters. The van der Waals surface area contributed by atoms with Crippen molar-refractivity contribution in [3.8, 4) is 0 Å². The summed E-state index contributed by atoms with van der Waals surface area (Å²) in [6.45, 7) is 2.11. The van der Waals surface area contributed by atoms with E-state index in [4.69, 9.17) is 0 Å². The molecule has 0 saturated carbocycles. The molecule has 1 heterocycles. The van der Waals surface area contributed by atoms with Gasteiger partial charge in [-0.25, -0.2) is 10.7 Å². The van der Waals surface area contributed by atoms with Crippen LogP contribution in [0.3, 0.4) is 0 Å². The molecule has 1 rings (SSSR count). The van der Waals surface area contributed by atoms with Gasteiger partial charge in [0.2, 0.25) is 0 Å². The van der Waals surface area contributed by atoms with Gasteiger partial charge in [-0.3, -0.25) is 0 Å². The Kier molecular flexibility index (Phi) is 4.41. The maximum absolute atomic E-state index is 11.9. The van der Waals surface area contributed by atoms with E-state index < -0.39 is 6.01 Å². The van der Waals surface area contributed by atoms with Gasteiger partial charge in [0.15, 0.2) is 0 Å². The molecule has 9 heavy (non-hydrogen) atoms. The first-order valence-corrected chi connectivity index (χ1v) is 2.36. The average molecular weight is 206 g/mol. The standard InChI is InChI=1S/C5H6FO2.Y/c1-4-2-7-3-5(6)8-4;/h4H,2H2,1H3;/q-1;. The Morgan fingerprint density at radius 3 is 2.78 bits per heavy atom. The predicted molar refractivity (Wildman–Crippen MR) is 24.4 cm³/mol. The summed E-state index contributed by atoms with van der Waals surface area (Å²) < 4.78 is 20.9. The van der Waals surface area contributed by atoms with Crippen LogP contribution in [0, 0.1) is 6.26 Å².